The van der Waals surface area contributed by atoms with E-state index in [1.165, 1.54) is 0 Å². The first-order chi connectivity index (χ1) is 10.2. The fourth-order valence-corrected chi connectivity index (χ4v) is 2.48. The van der Waals surface area contributed by atoms with Gasteiger partial charge in [-0.1, -0.05) is 0 Å². The van der Waals surface area contributed by atoms with Crippen LogP contribution >= 0.6 is 12.4 Å². The molecule has 1 atom stereocenters. The molecule has 1 aliphatic heterocycles. The number of piperazine rings is 1. The van der Waals surface area contributed by atoms with Gasteiger partial charge in [-0.2, -0.15) is 0 Å². The van der Waals surface area contributed by atoms with Gasteiger partial charge in [-0.25, -0.2) is 0 Å². The maximum Gasteiger partial charge on any atom is 0.254 e. The summed E-state index contributed by atoms with van der Waals surface area (Å²) in [6.45, 7) is 9.35. The van der Waals surface area contributed by atoms with Gasteiger partial charge in [0, 0.05) is 31.2 Å². The van der Waals surface area contributed by atoms with Crippen molar-refractivity contribution < 1.29 is 14.3 Å². The summed E-state index contributed by atoms with van der Waals surface area (Å²) in [4.78, 5) is 14.5. The number of benzene rings is 1. The Labute approximate surface area is 138 Å². The van der Waals surface area contributed by atoms with Crippen molar-refractivity contribution in [1.29, 1.82) is 0 Å². The normalized spacial score (nSPS) is 17.6. The van der Waals surface area contributed by atoms with E-state index in [9.17, 15) is 4.79 Å². The number of carbonyl (C=O) groups is 1. The van der Waals surface area contributed by atoms with Crippen LogP contribution in [0.4, 0.5) is 0 Å². The van der Waals surface area contributed by atoms with E-state index in [-0.39, 0.29) is 18.3 Å². The van der Waals surface area contributed by atoms with Gasteiger partial charge in [0.25, 0.3) is 5.91 Å². The molecule has 1 heterocycles. The van der Waals surface area contributed by atoms with E-state index in [0.29, 0.717) is 36.3 Å². The number of nitrogens with one attached hydrogen (secondary N) is 1. The first kappa shape index (κ1) is 18.6. The fourth-order valence-electron chi connectivity index (χ4n) is 2.48. The summed E-state index contributed by atoms with van der Waals surface area (Å²) >= 11 is 0. The Hall–Kier alpha value is -1.46. The van der Waals surface area contributed by atoms with E-state index in [1.807, 2.05) is 30.9 Å². The molecule has 1 aromatic carbocycles. The Morgan fingerprint density at radius 2 is 1.95 bits per heavy atom. The van der Waals surface area contributed by atoms with Crippen LogP contribution in [0.1, 0.15) is 31.1 Å². The third kappa shape index (κ3) is 4.52. The van der Waals surface area contributed by atoms with Crippen molar-refractivity contribution in [1.82, 2.24) is 10.2 Å². The van der Waals surface area contributed by atoms with E-state index < -0.39 is 0 Å². The van der Waals surface area contributed by atoms with Gasteiger partial charge in [0.15, 0.2) is 11.5 Å². The van der Waals surface area contributed by atoms with Crippen LogP contribution in [-0.4, -0.2) is 49.7 Å². The summed E-state index contributed by atoms with van der Waals surface area (Å²) in [6, 6.07) is 5.73. The number of hydrogen-bond acceptors (Lipinski definition) is 4. The van der Waals surface area contributed by atoms with Crippen molar-refractivity contribution in [2.24, 2.45) is 0 Å². The predicted molar refractivity (Wildman–Crippen MR) is 89.4 cm³/mol. The molecule has 6 heteroatoms. The largest absolute Gasteiger partial charge is 0.490 e. The van der Waals surface area contributed by atoms with Crippen molar-refractivity contribution >= 4 is 18.3 Å². The monoisotopic (exact) mass is 328 g/mol. The summed E-state index contributed by atoms with van der Waals surface area (Å²) in [6.07, 6.45) is 0. The lowest BCUT2D eigenvalue weighted by Gasteiger charge is -2.32. The second kappa shape index (κ2) is 8.86. The SMILES string of the molecule is CCOc1ccc(C(=O)N2CCN[C@H](C)C2)cc1OCC.Cl. The van der Waals surface area contributed by atoms with Gasteiger partial charge < -0.3 is 19.7 Å². The maximum absolute atomic E-state index is 12.6. The molecule has 22 heavy (non-hydrogen) atoms. The van der Waals surface area contributed by atoms with E-state index in [1.54, 1.807) is 6.07 Å². The van der Waals surface area contributed by atoms with Crippen LogP contribution in [0, 0.1) is 0 Å². The van der Waals surface area contributed by atoms with E-state index in [0.717, 1.165) is 19.6 Å². The minimum atomic E-state index is 0. The van der Waals surface area contributed by atoms with Gasteiger partial charge >= 0.3 is 0 Å². The number of hydrogen-bond donors (Lipinski definition) is 1. The summed E-state index contributed by atoms with van der Waals surface area (Å²) < 4.78 is 11.1. The van der Waals surface area contributed by atoms with Gasteiger partial charge in [-0.3, -0.25) is 4.79 Å². The van der Waals surface area contributed by atoms with E-state index in [2.05, 4.69) is 12.2 Å². The second-order valence-electron chi connectivity index (χ2n) is 5.13. The first-order valence-corrected chi connectivity index (χ1v) is 7.58. The van der Waals surface area contributed by atoms with Crippen LogP contribution in [0.5, 0.6) is 11.5 Å². The molecular weight excluding hydrogens is 304 g/mol. The summed E-state index contributed by atoms with van der Waals surface area (Å²) in [5, 5.41) is 3.34. The predicted octanol–water partition coefficient (Wildman–Crippen LogP) is 2.34. The molecule has 0 radical (unpaired) electrons. The number of rotatable bonds is 5. The third-order valence-electron chi connectivity index (χ3n) is 3.45. The Bertz CT molecular complexity index is 496. The van der Waals surface area contributed by atoms with Gasteiger partial charge in [-0.15, -0.1) is 12.4 Å². The third-order valence-corrected chi connectivity index (χ3v) is 3.45. The number of halogens is 1. The van der Waals surface area contributed by atoms with Crippen molar-refractivity contribution in [3.63, 3.8) is 0 Å². The van der Waals surface area contributed by atoms with Gasteiger partial charge in [0.05, 0.1) is 13.2 Å². The topological polar surface area (TPSA) is 50.8 Å². The lowest BCUT2D eigenvalue weighted by molar-refractivity contribution is 0.0708. The molecular formula is C16H25ClN2O3. The molecule has 0 aliphatic carbocycles. The molecule has 0 spiro atoms. The Morgan fingerprint density at radius 1 is 1.27 bits per heavy atom. The van der Waals surface area contributed by atoms with Crippen LogP contribution in [0.15, 0.2) is 18.2 Å². The van der Waals surface area contributed by atoms with Crippen molar-refractivity contribution in [2.75, 3.05) is 32.8 Å². The molecule has 0 aromatic heterocycles. The molecule has 0 unspecified atom stereocenters. The average Bonchev–Trinajstić information content (AvgIpc) is 2.49. The molecule has 1 aliphatic rings. The molecule has 1 fully saturated rings. The standard InChI is InChI=1S/C16H24N2O3.ClH/c1-4-20-14-7-6-13(10-15(14)21-5-2)16(19)18-9-8-17-12(3)11-18;/h6-7,10,12,17H,4-5,8-9,11H2,1-3H3;1H/t12-;/m1./s1. The molecule has 124 valence electrons. The lowest BCUT2D eigenvalue weighted by atomic mass is 10.1. The molecule has 1 saturated heterocycles. The van der Waals surface area contributed by atoms with Gasteiger partial charge in [-0.05, 0) is 39.0 Å². The first-order valence-electron chi connectivity index (χ1n) is 7.58. The van der Waals surface area contributed by atoms with Crippen molar-refractivity contribution in [2.45, 2.75) is 26.8 Å². The van der Waals surface area contributed by atoms with Gasteiger partial charge in [0.1, 0.15) is 0 Å². The highest BCUT2D eigenvalue weighted by molar-refractivity contribution is 5.95. The van der Waals surface area contributed by atoms with Crippen LogP contribution < -0.4 is 14.8 Å². The highest BCUT2D eigenvalue weighted by Gasteiger charge is 2.22. The second-order valence-corrected chi connectivity index (χ2v) is 5.13. The summed E-state index contributed by atoms with van der Waals surface area (Å²) in [5.74, 6) is 1.37. The minimum absolute atomic E-state index is 0. The maximum atomic E-state index is 12.6. The van der Waals surface area contributed by atoms with Gasteiger partial charge in [0.2, 0.25) is 0 Å². The zero-order valence-corrected chi connectivity index (χ0v) is 14.2. The molecule has 1 N–H and O–H groups in total. The molecule has 0 bridgehead atoms. The molecule has 5 nitrogen and oxygen atoms in total. The number of nitrogens with zero attached hydrogens (tertiary/aromatic N) is 1. The smallest absolute Gasteiger partial charge is 0.254 e. The average molecular weight is 329 g/mol. The zero-order chi connectivity index (χ0) is 15.2. The van der Waals surface area contributed by atoms with E-state index >= 15 is 0 Å². The fraction of sp³-hybridized carbons (Fsp3) is 0.562. The summed E-state index contributed by atoms with van der Waals surface area (Å²) in [5.41, 5.74) is 0.649. The Balaban J connectivity index is 0.00000242. The molecule has 2 rings (SSSR count). The molecule has 1 amide bonds. The van der Waals surface area contributed by atoms with E-state index in [4.69, 9.17) is 9.47 Å². The van der Waals surface area contributed by atoms with Crippen LogP contribution in [0.2, 0.25) is 0 Å². The zero-order valence-electron chi connectivity index (χ0n) is 13.4. The van der Waals surface area contributed by atoms with Crippen LogP contribution in [0.25, 0.3) is 0 Å². The minimum Gasteiger partial charge on any atom is -0.490 e. The van der Waals surface area contributed by atoms with Crippen LogP contribution in [-0.2, 0) is 0 Å². The van der Waals surface area contributed by atoms with Crippen LogP contribution in [0.3, 0.4) is 0 Å². The number of ether oxygens (including phenoxy) is 2. The lowest BCUT2D eigenvalue weighted by Crippen LogP contribution is -2.51. The van der Waals surface area contributed by atoms with Crippen molar-refractivity contribution in [3.8, 4) is 11.5 Å². The highest BCUT2D eigenvalue weighted by Crippen LogP contribution is 2.29. The molecule has 1 aromatic rings. The summed E-state index contributed by atoms with van der Waals surface area (Å²) in [7, 11) is 0. The highest BCUT2D eigenvalue weighted by atomic mass is 35.5. The quantitative estimate of drug-likeness (QED) is 0.901. The van der Waals surface area contributed by atoms with Crippen molar-refractivity contribution in [3.05, 3.63) is 23.8 Å². The Morgan fingerprint density at radius 3 is 2.59 bits per heavy atom. The molecule has 0 saturated carbocycles. The number of carbonyl (C=O) groups excluding carboxylic acids is 1. The Kier molecular flexibility index (Phi) is 7.48. The number of amides is 1.